The predicted octanol–water partition coefficient (Wildman–Crippen LogP) is 8.74. The van der Waals surface area contributed by atoms with Gasteiger partial charge in [0.25, 0.3) is 0 Å². The molecule has 0 fully saturated rings. The molecule has 8 rings (SSSR count). The number of thiophene rings is 1. The van der Waals surface area contributed by atoms with Gasteiger partial charge in [-0.1, -0.05) is 97.2 Å². The minimum atomic E-state index is 0.224. The van der Waals surface area contributed by atoms with Gasteiger partial charge in [0.15, 0.2) is 0 Å². The van der Waals surface area contributed by atoms with Gasteiger partial charge < -0.3 is 9.80 Å². The van der Waals surface area contributed by atoms with E-state index in [0.29, 0.717) is 0 Å². The van der Waals surface area contributed by atoms with Crippen LogP contribution < -0.4 is 15.3 Å². The second kappa shape index (κ2) is 9.62. The molecule has 1 unspecified atom stereocenters. The first-order chi connectivity index (χ1) is 19.8. The molecular weight excluding hydrogens is 523 g/mol. The number of nitrogens with zero attached hydrogens (tertiary/aromatic N) is 2. The summed E-state index contributed by atoms with van der Waals surface area (Å²) in [5.41, 5.74) is 8.01. The van der Waals surface area contributed by atoms with Crippen molar-refractivity contribution in [1.29, 1.82) is 0 Å². The predicted molar refractivity (Wildman–Crippen MR) is 174 cm³/mol. The van der Waals surface area contributed by atoms with Gasteiger partial charge >= 0.3 is 0 Å². The van der Waals surface area contributed by atoms with Crippen LogP contribution in [0.15, 0.2) is 149 Å². The minimum absolute atomic E-state index is 0.224. The summed E-state index contributed by atoms with van der Waals surface area (Å²) in [6.07, 6.45) is 6.67. The van der Waals surface area contributed by atoms with Crippen molar-refractivity contribution in [3.63, 3.8) is 0 Å². The highest BCUT2D eigenvalue weighted by molar-refractivity contribution is 8.03. The molecule has 1 atom stereocenters. The number of hydrogen-bond donors (Lipinski definition) is 0. The Bertz CT molecular complexity index is 1820. The molecule has 40 heavy (non-hydrogen) atoms. The first kappa shape index (κ1) is 23.9. The highest BCUT2D eigenvalue weighted by atomic mass is 32.2. The van der Waals surface area contributed by atoms with E-state index >= 15 is 0 Å². The average molecular weight is 551 g/mol. The SMILES string of the molecule is C=C1Sc2ccccc2CB2C3=C(C=CCC3N(c3ccccc3)c3sc4ccccc4c32)N1c1ccccc1. The molecule has 3 heterocycles. The zero-order valence-corrected chi connectivity index (χ0v) is 23.7. The second-order valence-electron chi connectivity index (χ2n) is 10.5. The van der Waals surface area contributed by atoms with Gasteiger partial charge in [-0.15, -0.1) is 11.3 Å². The quantitative estimate of drug-likeness (QED) is 0.203. The van der Waals surface area contributed by atoms with Gasteiger partial charge in [-0.05, 0) is 77.1 Å². The summed E-state index contributed by atoms with van der Waals surface area (Å²) in [6, 6.07) is 39.9. The van der Waals surface area contributed by atoms with Crippen LogP contribution in [0.25, 0.3) is 10.1 Å². The van der Waals surface area contributed by atoms with Gasteiger partial charge in [-0.25, -0.2) is 0 Å². The molecule has 4 aromatic carbocycles. The van der Waals surface area contributed by atoms with Crippen LogP contribution in [0, 0.1) is 0 Å². The van der Waals surface area contributed by atoms with Crippen molar-refractivity contribution in [2.24, 2.45) is 0 Å². The molecule has 0 amide bonds. The summed E-state index contributed by atoms with van der Waals surface area (Å²) in [4.78, 5) is 6.32. The summed E-state index contributed by atoms with van der Waals surface area (Å²) in [7, 11) is 0. The Morgan fingerprint density at radius 2 is 1.48 bits per heavy atom. The summed E-state index contributed by atoms with van der Waals surface area (Å²) >= 11 is 3.73. The Morgan fingerprint density at radius 1 is 0.775 bits per heavy atom. The molecule has 5 heteroatoms. The maximum Gasteiger partial charge on any atom is 0.218 e. The first-order valence-corrected chi connectivity index (χ1v) is 15.5. The van der Waals surface area contributed by atoms with E-state index < -0.39 is 0 Å². The fraction of sp³-hybridized carbons (Fsp3) is 0.0857. The number of rotatable bonds is 2. The molecule has 2 aliphatic heterocycles. The maximum absolute atomic E-state index is 4.67. The number of hydrogen-bond acceptors (Lipinski definition) is 4. The lowest BCUT2D eigenvalue weighted by molar-refractivity contribution is 0.755. The van der Waals surface area contributed by atoms with Crippen molar-refractivity contribution in [1.82, 2.24) is 0 Å². The van der Waals surface area contributed by atoms with Crippen molar-refractivity contribution in [3.8, 4) is 0 Å². The lowest BCUT2D eigenvalue weighted by atomic mass is 9.33. The molecule has 0 N–H and O–H groups in total. The third-order valence-electron chi connectivity index (χ3n) is 8.32. The first-order valence-electron chi connectivity index (χ1n) is 13.8. The molecule has 0 saturated carbocycles. The lowest BCUT2D eigenvalue weighted by Gasteiger charge is -2.45. The molecule has 0 spiro atoms. The monoisotopic (exact) mass is 550 g/mol. The standard InChI is InChI=1S/C35H27BN2S2/c1-24-37(26-14-4-2-5-15-26)29-19-12-20-30-34(29)36(23-25-13-8-10-21-31(25)39-24)33-28-18-9-11-22-32(28)40-35(33)38(30)27-16-6-3-7-17-27/h2-19,21-22,30H,1,20,23H2. The van der Waals surface area contributed by atoms with Crippen LogP contribution in [-0.2, 0) is 6.32 Å². The molecule has 1 aromatic heterocycles. The molecular formula is C35H27BN2S2. The Hall–Kier alpha value is -3.93. The number of fused-ring (bicyclic) bond motifs is 5. The highest BCUT2D eigenvalue weighted by Gasteiger charge is 2.45. The van der Waals surface area contributed by atoms with Crippen LogP contribution in [0.1, 0.15) is 12.0 Å². The fourth-order valence-corrected chi connectivity index (χ4v) is 9.00. The van der Waals surface area contributed by atoms with Crippen molar-refractivity contribution < 1.29 is 0 Å². The Morgan fingerprint density at radius 3 is 2.30 bits per heavy atom. The molecule has 3 aliphatic rings. The Balaban J connectivity index is 1.48. The largest absolute Gasteiger partial charge is 0.327 e. The topological polar surface area (TPSA) is 6.48 Å². The molecule has 0 radical (unpaired) electrons. The number of allylic oxidation sites excluding steroid dienone is 1. The molecule has 0 bridgehead atoms. The third kappa shape index (κ3) is 3.72. The van der Waals surface area contributed by atoms with Crippen molar-refractivity contribution in [3.05, 3.63) is 150 Å². The summed E-state index contributed by atoms with van der Waals surface area (Å²) in [5, 5.41) is 3.79. The summed E-state index contributed by atoms with van der Waals surface area (Å²) in [5.74, 6) is 0. The van der Waals surface area contributed by atoms with E-state index in [4.69, 9.17) is 0 Å². The van der Waals surface area contributed by atoms with E-state index in [2.05, 4.69) is 138 Å². The van der Waals surface area contributed by atoms with Crippen LogP contribution in [0.4, 0.5) is 16.4 Å². The zero-order chi connectivity index (χ0) is 26.6. The van der Waals surface area contributed by atoms with Crippen molar-refractivity contribution in [2.75, 3.05) is 9.80 Å². The van der Waals surface area contributed by atoms with Crippen molar-refractivity contribution in [2.45, 2.75) is 23.7 Å². The number of para-hydroxylation sites is 2. The molecule has 192 valence electrons. The van der Waals surface area contributed by atoms with Gasteiger partial charge in [0, 0.05) is 26.7 Å². The zero-order valence-electron chi connectivity index (χ0n) is 22.0. The molecule has 5 aromatic rings. The summed E-state index contributed by atoms with van der Waals surface area (Å²) in [6.45, 7) is 4.93. The van der Waals surface area contributed by atoms with E-state index in [1.165, 1.54) is 47.9 Å². The van der Waals surface area contributed by atoms with Crippen LogP contribution >= 0.6 is 23.1 Å². The van der Waals surface area contributed by atoms with Gasteiger partial charge in [-0.3, -0.25) is 0 Å². The second-order valence-corrected chi connectivity index (χ2v) is 12.7. The van der Waals surface area contributed by atoms with Gasteiger partial charge in [-0.2, -0.15) is 0 Å². The molecule has 0 saturated heterocycles. The van der Waals surface area contributed by atoms with Gasteiger partial charge in [0.05, 0.1) is 16.1 Å². The number of benzene rings is 4. The van der Waals surface area contributed by atoms with Crippen molar-refractivity contribution >= 4 is 61.7 Å². The third-order valence-corrected chi connectivity index (χ3v) is 10.5. The van der Waals surface area contributed by atoms with Crippen LogP contribution in [0.3, 0.4) is 0 Å². The smallest absolute Gasteiger partial charge is 0.218 e. The van der Waals surface area contributed by atoms with Crippen LogP contribution in [0.5, 0.6) is 0 Å². The fourth-order valence-electron chi connectivity index (χ4n) is 6.68. The van der Waals surface area contributed by atoms with Crippen LogP contribution in [-0.4, -0.2) is 12.8 Å². The maximum atomic E-state index is 4.67. The Labute approximate surface area is 244 Å². The highest BCUT2D eigenvalue weighted by Crippen LogP contribution is 2.48. The molecule has 2 nitrogen and oxygen atoms in total. The van der Waals surface area contributed by atoms with Gasteiger partial charge in [0.1, 0.15) is 0 Å². The van der Waals surface area contributed by atoms with E-state index in [-0.39, 0.29) is 12.8 Å². The van der Waals surface area contributed by atoms with Gasteiger partial charge in [0.2, 0.25) is 6.71 Å². The average Bonchev–Trinajstić information content (AvgIpc) is 3.40. The normalized spacial score (nSPS) is 18.1. The minimum Gasteiger partial charge on any atom is -0.327 e. The Kier molecular flexibility index (Phi) is 5.75. The van der Waals surface area contributed by atoms with E-state index in [1.807, 2.05) is 11.3 Å². The van der Waals surface area contributed by atoms with E-state index in [9.17, 15) is 0 Å². The number of thioether (sulfide) groups is 1. The lowest BCUT2D eigenvalue weighted by Crippen LogP contribution is -2.53. The number of anilines is 3. The van der Waals surface area contributed by atoms with E-state index in [1.54, 1.807) is 11.8 Å². The molecule has 1 aliphatic carbocycles. The van der Waals surface area contributed by atoms with E-state index in [0.717, 1.165) is 23.5 Å². The summed E-state index contributed by atoms with van der Waals surface area (Å²) < 4.78 is 1.36. The van der Waals surface area contributed by atoms with Crippen LogP contribution in [0.2, 0.25) is 0 Å².